The summed E-state index contributed by atoms with van der Waals surface area (Å²) in [6.07, 6.45) is 0.319. The number of carbonyl (C=O) groups is 2. The normalized spacial score (nSPS) is 15.8. The van der Waals surface area contributed by atoms with Crippen LogP contribution in [0.15, 0.2) is 48.5 Å². The second kappa shape index (κ2) is 9.31. The number of likely N-dealkylation sites (N-methyl/N-ethyl adjacent to an activating group) is 1. The maximum atomic E-state index is 13.1. The van der Waals surface area contributed by atoms with Gasteiger partial charge in [0.15, 0.2) is 11.7 Å². The van der Waals surface area contributed by atoms with Crippen molar-refractivity contribution in [2.75, 3.05) is 31.6 Å². The number of amides is 1. The summed E-state index contributed by atoms with van der Waals surface area (Å²) in [6.45, 7) is 8.18. The van der Waals surface area contributed by atoms with Crippen LogP contribution < -0.4 is 10.1 Å². The Balaban J connectivity index is 1.48. The number of imidazole rings is 1. The molecular weight excluding hydrogens is 392 g/mol. The van der Waals surface area contributed by atoms with Crippen molar-refractivity contribution in [3.05, 3.63) is 54.4 Å². The van der Waals surface area contributed by atoms with Crippen molar-refractivity contribution in [3.63, 3.8) is 0 Å². The summed E-state index contributed by atoms with van der Waals surface area (Å²) >= 11 is 0. The third-order valence-electron chi connectivity index (χ3n) is 5.78. The van der Waals surface area contributed by atoms with E-state index < -0.39 is 5.92 Å². The van der Waals surface area contributed by atoms with Crippen molar-refractivity contribution in [2.24, 2.45) is 0 Å². The standard InChI is InChI=1S/C24H28N4O3/c1-3-27(4-2)14-15-31-18-9-7-8-17(16-18)25-24(30)22-21(29)12-13-28-20-11-6-5-10-19(20)26-23(22)28/h5-11,16,22H,3-4,12-15H2,1-2H3,(H,25,30). The molecule has 1 aliphatic rings. The topological polar surface area (TPSA) is 76.5 Å². The largest absolute Gasteiger partial charge is 0.492 e. The number of hydrogen-bond donors (Lipinski definition) is 1. The number of aryl methyl sites for hydroxylation is 1. The van der Waals surface area contributed by atoms with Gasteiger partial charge in [-0.3, -0.25) is 9.59 Å². The van der Waals surface area contributed by atoms with Gasteiger partial charge in [0.2, 0.25) is 5.91 Å². The first kappa shape index (κ1) is 21.1. The number of para-hydroxylation sites is 2. The molecule has 162 valence electrons. The molecule has 1 aromatic heterocycles. The average Bonchev–Trinajstić information content (AvgIpc) is 3.15. The molecule has 0 bridgehead atoms. The van der Waals surface area contributed by atoms with Crippen molar-refractivity contribution < 1.29 is 14.3 Å². The number of nitrogens with one attached hydrogen (secondary N) is 1. The van der Waals surface area contributed by atoms with Crippen LogP contribution in [0.4, 0.5) is 5.69 Å². The monoisotopic (exact) mass is 420 g/mol. The SMILES string of the molecule is CCN(CC)CCOc1cccc(NC(=O)C2C(=O)CCn3c2nc2ccccc23)c1. The van der Waals surface area contributed by atoms with E-state index in [1.54, 1.807) is 12.1 Å². The van der Waals surface area contributed by atoms with Crippen molar-refractivity contribution >= 4 is 28.4 Å². The highest BCUT2D eigenvalue weighted by molar-refractivity contribution is 6.12. The Morgan fingerprint density at radius 2 is 2.00 bits per heavy atom. The second-order valence-electron chi connectivity index (χ2n) is 7.65. The molecule has 3 aromatic rings. The Morgan fingerprint density at radius 3 is 2.81 bits per heavy atom. The summed E-state index contributed by atoms with van der Waals surface area (Å²) < 4.78 is 7.83. The molecule has 0 spiro atoms. The molecule has 0 fully saturated rings. The van der Waals surface area contributed by atoms with E-state index >= 15 is 0 Å². The minimum Gasteiger partial charge on any atom is -0.492 e. The van der Waals surface area contributed by atoms with Crippen molar-refractivity contribution in [3.8, 4) is 5.75 Å². The van der Waals surface area contributed by atoms with Gasteiger partial charge in [0.25, 0.3) is 0 Å². The number of ether oxygens (including phenoxy) is 1. The maximum absolute atomic E-state index is 13.1. The Bertz CT molecular complexity index is 1090. The van der Waals surface area contributed by atoms with Crippen molar-refractivity contribution in [1.82, 2.24) is 14.5 Å². The summed E-state index contributed by atoms with van der Waals surface area (Å²) in [5, 5.41) is 2.89. The number of fused-ring (bicyclic) bond motifs is 3. The minimum atomic E-state index is -0.909. The second-order valence-corrected chi connectivity index (χ2v) is 7.65. The van der Waals surface area contributed by atoms with E-state index in [0.29, 0.717) is 36.8 Å². The lowest BCUT2D eigenvalue weighted by Crippen LogP contribution is -2.34. The highest BCUT2D eigenvalue weighted by Gasteiger charge is 2.36. The van der Waals surface area contributed by atoms with Crippen LogP contribution >= 0.6 is 0 Å². The zero-order chi connectivity index (χ0) is 21.8. The quantitative estimate of drug-likeness (QED) is 0.565. The first-order chi connectivity index (χ1) is 15.1. The summed E-state index contributed by atoms with van der Waals surface area (Å²) in [5.74, 6) is -0.171. The number of carbonyl (C=O) groups excluding carboxylic acids is 2. The molecule has 1 aliphatic heterocycles. The van der Waals surface area contributed by atoms with E-state index in [4.69, 9.17) is 4.74 Å². The number of ketones is 1. The van der Waals surface area contributed by atoms with Crippen LogP contribution in [0.25, 0.3) is 11.0 Å². The Hall–Kier alpha value is -3.19. The fraction of sp³-hybridized carbons (Fsp3) is 0.375. The van der Waals surface area contributed by atoms with Crippen LogP contribution in [0.5, 0.6) is 5.75 Å². The molecule has 7 nitrogen and oxygen atoms in total. The van der Waals surface area contributed by atoms with E-state index in [1.807, 2.05) is 41.0 Å². The molecule has 1 amide bonds. The van der Waals surface area contributed by atoms with Crippen LogP contribution in [0.3, 0.4) is 0 Å². The Kier molecular flexibility index (Phi) is 6.32. The predicted octanol–water partition coefficient (Wildman–Crippen LogP) is 3.45. The summed E-state index contributed by atoms with van der Waals surface area (Å²) in [6, 6.07) is 15.0. The highest BCUT2D eigenvalue weighted by atomic mass is 16.5. The predicted molar refractivity (Wildman–Crippen MR) is 120 cm³/mol. The third-order valence-corrected chi connectivity index (χ3v) is 5.78. The van der Waals surface area contributed by atoms with Gasteiger partial charge in [0.1, 0.15) is 18.2 Å². The van der Waals surface area contributed by atoms with Crippen LogP contribution in [0.2, 0.25) is 0 Å². The lowest BCUT2D eigenvalue weighted by Gasteiger charge is -2.22. The summed E-state index contributed by atoms with van der Waals surface area (Å²) in [4.78, 5) is 32.6. The summed E-state index contributed by atoms with van der Waals surface area (Å²) in [7, 11) is 0. The van der Waals surface area contributed by atoms with Crippen molar-refractivity contribution in [1.29, 1.82) is 0 Å². The van der Waals surface area contributed by atoms with E-state index in [-0.39, 0.29) is 11.7 Å². The van der Waals surface area contributed by atoms with E-state index in [0.717, 1.165) is 30.7 Å². The molecule has 1 atom stereocenters. The van der Waals surface area contributed by atoms with Gasteiger partial charge in [0.05, 0.1) is 11.0 Å². The molecule has 31 heavy (non-hydrogen) atoms. The highest BCUT2D eigenvalue weighted by Crippen LogP contribution is 2.30. The fourth-order valence-electron chi connectivity index (χ4n) is 4.03. The van der Waals surface area contributed by atoms with Gasteiger partial charge in [-0.1, -0.05) is 32.0 Å². The van der Waals surface area contributed by atoms with Crippen LogP contribution in [0.1, 0.15) is 32.0 Å². The molecule has 0 aliphatic carbocycles. The van der Waals surface area contributed by atoms with Crippen LogP contribution in [-0.2, 0) is 16.1 Å². The van der Waals surface area contributed by atoms with Gasteiger partial charge >= 0.3 is 0 Å². The van der Waals surface area contributed by atoms with Gasteiger partial charge < -0.3 is 19.5 Å². The fourth-order valence-corrected chi connectivity index (χ4v) is 4.03. The lowest BCUT2D eigenvalue weighted by atomic mass is 9.96. The molecule has 4 rings (SSSR count). The maximum Gasteiger partial charge on any atom is 0.242 e. The average molecular weight is 421 g/mol. The molecule has 1 unspecified atom stereocenters. The number of benzene rings is 2. The zero-order valence-electron chi connectivity index (χ0n) is 18.0. The molecule has 0 saturated heterocycles. The van der Waals surface area contributed by atoms with Gasteiger partial charge in [-0.25, -0.2) is 4.98 Å². The van der Waals surface area contributed by atoms with E-state index in [2.05, 4.69) is 29.0 Å². The molecular formula is C24H28N4O3. The minimum absolute atomic E-state index is 0.105. The molecule has 2 aromatic carbocycles. The number of anilines is 1. The van der Waals surface area contributed by atoms with Gasteiger partial charge in [-0.05, 0) is 37.4 Å². The Labute approximate surface area is 182 Å². The summed E-state index contributed by atoms with van der Waals surface area (Å²) in [5.41, 5.74) is 2.35. The first-order valence-corrected chi connectivity index (χ1v) is 10.8. The molecule has 1 N–H and O–H groups in total. The van der Waals surface area contributed by atoms with E-state index in [9.17, 15) is 9.59 Å². The van der Waals surface area contributed by atoms with Crippen LogP contribution in [-0.4, -0.2) is 52.4 Å². The van der Waals surface area contributed by atoms with Crippen molar-refractivity contribution in [2.45, 2.75) is 32.7 Å². The zero-order valence-corrected chi connectivity index (χ0v) is 18.0. The van der Waals surface area contributed by atoms with Gasteiger partial charge in [-0.15, -0.1) is 0 Å². The Morgan fingerprint density at radius 1 is 1.19 bits per heavy atom. The van der Waals surface area contributed by atoms with Gasteiger partial charge in [-0.2, -0.15) is 0 Å². The van der Waals surface area contributed by atoms with Crippen LogP contribution in [0, 0.1) is 0 Å². The molecule has 2 heterocycles. The molecule has 0 radical (unpaired) electrons. The number of nitrogens with zero attached hydrogens (tertiary/aromatic N) is 3. The molecule has 7 heteroatoms. The molecule has 0 saturated carbocycles. The number of hydrogen-bond acceptors (Lipinski definition) is 5. The number of rotatable bonds is 8. The number of aromatic nitrogens is 2. The first-order valence-electron chi connectivity index (χ1n) is 10.8. The number of Topliss-reactive ketones (excluding diaryl/α,β-unsaturated/α-hetero) is 1. The van der Waals surface area contributed by atoms with E-state index in [1.165, 1.54) is 0 Å². The van der Waals surface area contributed by atoms with Gasteiger partial charge in [0, 0.05) is 31.3 Å². The lowest BCUT2D eigenvalue weighted by molar-refractivity contribution is -0.128. The smallest absolute Gasteiger partial charge is 0.242 e. The third kappa shape index (κ3) is 4.46.